The third-order valence-electron chi connectivity index (χ3n) is 2.12. The van der Waals surface area contributed by atoms with Crippen LogP contribution in [0.5, 0.6) is 0 Å². The van der Waals surface area contributed by atoms with Crippen LogP contribution in [0.3, 0.4) is 0 Å². The van der Waals surface area contributed by atoms with Gasteiger partial charge in [-0.05, 0) is 18.2 Å². The van der Waals surface area contributed by atoms with E-state index in [9.17, 15) is 0 Å². The van der Waals surface area contributed by atoms with Gasteiger partial charge in [-0.15, -0.1) is 11.8 Å². The predicted molar refractivity (Wildman–Crippen MR) is 58.6 cm³/mol. The van der Waals surface area contributed by atoms with Gasteiger partial charge in [-0.2, -0.15) is 0 Å². The first kappa shape index (κ1) is 10.0. The first-order valence-corrected chi connectivity index (χ1v) is 5.85. The van der Waals surface area contributed by atoms with E-state index >= 15 is 0 Å². The van der Waals surface area contributed by atoms with E-state index in [2.05, 4.69) is 17.4 Å². The summed E-state index contributed by atoms with van der Waals surface area (Å²) in [5.74, 6) is 1.02. The maximum absolute atomic E-state index is 5.61. The van der Waals surface area contributed by atoms with Crippen LogP contribution in [0.2, 0.25) is 0 Å². The molecule has 75 valence electrons. The molecule has 1 atom stereocenters. The molecule has 1 aromatic rings. The fourth-order valence-electron chi connectivity index (χ4n) is 1.38. The minimum Gasteiger partial charge on any atom is -0.375 e. The molecule has 1 unspecified atom stereocenters. The molecular weight excluding hydrogens is 194 g/mol. The lowest BCUT2D eigenvalue weighted by Crippen LogP contribution is -2.39. The number of morpholine rings is 1. The van der Waals surface area contributed by atoms with Crippen LogP contribution in [-0.4, -0.2) is 31.6 Å². The van der Waals surface area contributed by atoms with E-state index in [1.807, 2.05) is 30.0 Å². The summed E-state index contributed by atoms with van der Waals surface area (Å²) in [6, 6.07) is 11.1. The Bertz CT molecular complexity index is 259. The number of hydrogen-bond acceptors (Lipinski definition) is 3. The van der Waals surface area contributed by atoms with Crippen molar-refractivity contribution >= 4 is 11.8 Å². The van der Waals surface area contributed by atoms with Crippen molar-refractivity contribution in [2.75, 3.05) is 25.4 Å². The fraction of sp³-hybridized carbons (Fsp3) is 0.455. The lowest BCUT2D eigenvalue weighted by atomic mass is 10.3. The van der Waals surface area contributed by atoms with Gasteiger partial charge in [0.2, 0.25) is 0 Å². The van der Waals surface area contributed by atoms with Gasteiger partial charge in [0.1, 0.15) is 0 Å². The summed E-state index contributed by atoms with van der Waals surface area (Å²) in [4.78, 5) is 1.27. The standard InChI is InChI=1S/C11H14NOS/c1-2-4-11(5-3-1)14-9-10-8-12-6-7-13-10/h1-2,4-5,10,12H,6-9H2. The van der Waals surface area contributed by atoms with Crippen molar-refractivity contribution in [1.29, 1.82) is 0 Å². The van der Waals surface area contributed by atoms with Crippen LogP contribution in [0.15, 0.2) is 29.2 Å². The predicted octanol–water partition coefficient (Wildman–Crippen LogP) is 1.57. The van der Waals surface area contributed by atoms with Crippen molar-refractivity contribution in [3.8, 4) is 0 Å². The Balaban J connectivity index is 1.76. The highest BCUT2D eigenvalue weighted by atomic mass is 32.2. The molecule has 1 radical (unpaired) electrons. The van der Waals surface area contributed by atoms with Crippen LogP contribution in [0.25, 0.3) is 0 Å². The second kappa shape index (κ2) is 5.39. The maximum atomic E-state index is 5.61. The Morgan fingerprint density at radius 3 is 3.36 bits per heavy atom. The molecule has 0 aromatic heterocycles. The lowest BCUT2D eigenvalue weighted by molar-refractivity contribution is 0.0441. The Labute approximate surface area is 89.0 Å². The highest BCUT2D eigenvalue weighted by Crippen LogP contribution is 2.18. The van der Waals surface area contributed by atoms with E-state index in [1.165, 1.54) is 4.90 Å². The summed E-state index contributed by atoms with van der Waals surface area (Å²) in [5, 5.41) is 3.32. The van der Waals surface area contributed by atoms with E-state index < -0.39 is 0 Å². The second-order valence-electron chi connectivity index (χ2n) is 3.25. The van der Waals surface area contributed by atoms with Gasteiger partial charge in [0.05, 0.1) is 12.7 Å². The topological polar surface area (TPSA) is 21.3 Å². The second-order valence-corrected chi connectivity index (χ2v) is 4.34. The molecule has 0 amide bonds. The van der Waals surface area contributed by atoms with Crippen molar-refractivity contribution in [3.63, 3.8) is 0 Å². The Kier molecular flexibility index (Phi) is 3.86. The van der Waals surface area contributed by atoms with Crippen LogP contribution in [0.1, 0.15) is 0 Å². The summed E-state index contributed by atoms with van der Waals surface area (Å²) in [7, 11) is 0. The maximum Gasteiger partial charge on any atom is 0.0793 e. The van der Waals surface area contributed by atoms with Gasteiger partial charge in [0.25, 0.3) is 0 Å². The molecule has 1 aliphatic heterocycles. The third kappa shape index (κ3) is 3.01. The van der Waals surface area contributed by atoms with Crippen molar-refractivity contribution in [1.82, 2.24) is 5.32 Å². The molecule has 2 nitrogen and oxygen atoms in total. The molecule has 0 spiro atoms. The van der Waals surface area contributed by atoms with Crippen LogP contribution >= 0.6 is 11.8 Å². The first-order chi connectivity index (χ1) is 6.95. The summed E-state index contributed by atoms with van der Waals surface area (Å²) >= 11 is 1.83. The quantitative estimate of drug-likeness (QED) is 0.762. The first-order valence-electron chi connectivity index (χ1n) is 4.86. The molecule has 0 bridgehead atoms. The van der Waals surface area contributed by atoms with Gasteiger partial charge in [0, 0.05) is 23.7 Å². The van der Waals surface area contributed by atoms with E-state index in [0.29, 0.717) is 6.10 Å². The molecule has 1 aromatic carbocycles. The summed E-state index contributed by atoms with van der Waals surface area (Å²) in [6.07, 6.45) is 0.356. The van der Waals surface area contributed by atoms with Crippen LogP contribution in [0, 0.1) is 6.07 Å². The summed E-state index contributed by atoms with van der Waals surface area (Å²) < 4.78 is 5.61. The zero-order valence-electron chi connectivity index (χ0n) is 8.03. The fourth-order valence-corrected chi connectivity index (χ4v) is 2.30. The van der Waals surface area contributed by atoms with Crippen molar-refractivity contribution in [2.24, 2.45) is 0 Å². The number of thioether (sulfide) groups is 1. The minimum atomic E-state index is 0.356. The Morgan fingerprint density at radius 1 is 1.64 bits per heavy atom. The zero-order valence-corrected chi connectivity index (χ0v) is 8.85. The van der Waals surface area contributed by atoms with Gasteiger partial charge in [0.15, 0.2) is 0 Å². The van der Waals surface area contributed by atoms with Crippen molar-refractivity contribution in [2.45, 2.75) is 11.0 Å². The van der Waals surface area contributed by atoms with E-state index in [1.54, 1.807) is 0 Å². The average Bonchev–Trinajstić information content (AvgIpc) is 2.29. The van der Waals surface area contributed by atoms with Gasteiger partial charge in [-0.25, -0.2) is 0 Å². The largest absolute Gasteiger partial charge is 0.375 e. The van der Waals surface area contributed by atoms with E-state index in [-0.39, 0.29) is 0 Å². The average molecular weight is 208 g/mol. The SMILES string of the molecule is [c]1cccc(SCC2CNCCO2)c1. The minimum absolute atomic E-state index is 0.356. The van der Waals surface area contributed by atoms with Crippen molar-refractivity contribution in [3.05, 3.63) is 30.3 Å². The molecule has 1 fully saturated rings. The zero-order chi connectivity index (χ0) is 9.64. The van der Waals surface area contributed by atoms with Gasteiger partial charge in [-0.1, -0.05) is 12.1 Å². The van der Waals surface area contributed by atoms with Crippen molar-refractivity contribution < 1.29 is 4.74 Å². The van der Waals surface area contributed by atoms with Gasteiger partial charge < -0.3 is 10.1 Å². The molecule has 1 N–H and O–H groups in total. The summed E-state index contributed by atoms with van der Waals surface area (Å²) in [6.45, 7) is 2.80. The van der Waals surface area contributed by atoms with Gasteiger partial charge in [-0.3, -0.25) is 0 Å². The molecular formula is C11H14NOS. The highest BCUT2D eigenvalue weighted by Gasteiger charge is 2.12. The van der Waals surface area contributed by atoms with E-state index in [4.69, 9.17) is 4.74 Å². The summed E-state index contributed by atoms with van der Waals surface area (Å²) in [5.41, 5.74) is 0. The number of hydrogen-bond donors (Lipinski definition) is 1. The number of rotatable bonds is 3. The molecule has 14 heavy (non-hydrogen) atoms. The molecule has 3 heteroatoms. The normalized spacial score (nSPS) is 22.1. The Morgan fingerprint density at radius 2 is 2.64 bits per heavy atom. The molecule has 1 heterocycles. The number of ether oxygens (including phenoxy) is 1. The molecule has 2 rings (SSSR count). The highest BCUT2D eigenvalue weighted by molar-refractivity contribution is 7.99. The van der Waals surface area contributed by atoms with Crippen LogP contribution < -0.4 is 5.32 Å². The van der Waals surface area contributed by atoms with Gasteiger partial charge >= 0.3 is 0 Å². The molecule has 1 aliphatic rings. The Hall–Kier alpha value is -0.510. The monoisotopic (exact) mass is 208 g/mol. The van der Waals surface area contributed by atoms with Crippen LogP contribution in [0.4, 0.5) is 0 Å². The smallest absolute Gasteiger partial charge is 0.0793 e. The third-order valence-corrected chi connectivity index (χ3v) is 3.24. The number of nitrogens with one attached hydrogen (secondary N) is 1. The van der Waals surface area contributed by atoms with E-state index in [0.717, 1.165) is 25.4 Å². The molecule has 0 saturated carbocycles. The molecule has 0 aliphatic carbocycles. The molecule has 1 saturated heterocycles. The number of benzene rings is 1. The van der Waals surface area contributed by atoms with Crippen LogP contribution in [-0.2, 0) is 4.74 Å². The lowest BCUT2D eigenvalue weighted by Gasteiger charge is -2.23.